The van der Waals surface area contributed by atoms with Crippen LogP contribution in [0.5, 0.6) is 0 Å². The van der Waals surface area contributed by atoms with Gasteiger partial charge in [-0.05, 0) is 45.1 Å². The van der Waals surface area contributed by atoms with Crippen molar-refractivity contribution in [3.63, 3.8) is 0 Å². The summed E-state index contributed by atoms with van der Waals surface area (Å²) in [5.74, 6) is 0.781. The summed E-state index contributed by atoms with van der Waals surface area (Å²) in [6.45, 7) is 12.6. The summed E-state index contributed by atoms with van der Waals surface area (Å²) < 4.78 is 5.52. The molecule has 2 unspecified atom stereocenters. The van der Waals surface area contributed by atoms with Crippen molar-refractivity contribution < 1.29 is 9.84 Å². The van der Waals surface area contributed by atoms with E-state index in [2.05, 4.69) is 19.2 Å². The Kier molecular flexibility index (Phi) is 4.38. The normalized spacial score (nSPS) is 25.5. The Bertz CT molecular complexity index is 220. The highest BCUT2D eigenvalue weighted by Crippen LogP contribution is 2.50. The van der Waals surface area contributed by atoms with Crippen molar-refractivity contribution in [2.45, 2.75) is 52.7 Å². The first-order chi connectivity index (χ1) is 7.21. The molecule has 2 atom stereocenters. The highest BCUT2D eigenvalue weighted by molar-refractivity contribution is 4.96. The van der Waals surface area contributed by atoms with E-state index in [1.54, 1.807) is 0 Å². The number of ether oxygens (including phenoxy) is 1. The molecule has 0 saturated heterocycles. The van der Waals surface area contributed by atoms with Gasteiger partial charge in [0.25, 0.3) is 0 Å². The Morgan fingerprint density at radius 3 is 2.44 bits per heavy atom. The van der Waals surface area contributed by atoms with Gasteiger partial charge in [-0.1, -0.05) is 13.8 Å². The molecule has 0 aromatic rings. The molecule has 3 nitrogen and oxygen atoms in total. The smallest absolute Gasteiger partial charge is 0.0897 e. The fourth-order valence-corrected chi connectivity index (χ4v) is 1.75. The second-order valence-corrected chi connectivity index (χ2v) is 6.63. The van der Waals surface area contributed by atoms with Gasteiger partial charge in [0.05, 0.1) is 18.3 Å². The number of aliphatic hydroxyl groups excluding tert-OH is 1. The fraction of sp³-hybridized carbons (Fsp3) is 1.00. The van der Waals surface area contributed by atoms with E-state index in [4.69, 9.17) is 4.74 Å². The Labute approximate surface area is 99.6 Å². The van der Waals surface area contributed by atoms with Crippen LogP contribution in [0.3, 0.4) is 0 Å². The lowest BCUT2D eigenvalue weighted by molar-refractivity contribution is -0.0478. The van der Waals surface area contributed by atoms with Crippen molar-refractivity contribution in [1.29, 1.82) is 0 Å². The molecular weight excluding hydrogens is 202 g/mol. The average molecular weight is 229 g/mol. The molecule has 0 radical (unpaired) electrons. The van der Waals surface area contributed by atoms with Crippen molar-refractivity contribution in [3.8, 4) is 0 Å². The predicted molar refractivity (Wildman–Crippen MR) is 66.5 cm³/mol. The Morgan fingerprint density at radius 1 is 1.44 bits per heavy atom. The lowest BCUT2D eigenvalue weighted by Crippen LogP contribution is -2.34. The summed E-state index contributed by atoms with van der Waals surface area (Å²) in [6, 6.07) is 0. The van der Waals surface area contributed by atoms with E-state index in [9.17, 15) is 5.11 Å². The summed E-state index contributed by atoms with van der Waals surface area (Å²) in [5, 5.41) is 13.0. The van der Waals surface area contributed by atoms with Crippen molar-refractivity contribution in [1.82, 2.24) is 5.32 Å². The summed E-state index contributed by atoms with van der Waals surface area (Å²) in [6.07, 6.45) is 0.898. The molecule has 0 aliphatic heterocycles. The minimum atomic E-state index is -0.402. The monoisotopic (exact) mass is 229 g/mol. The number of rotatable bonds is 6. The van der Waals surface area contributed by atoms with Crippen LogP contribution in [0, 0.1) is 11.3 Å². The number of aliphatic hydroxyl groups is 1. The molecule has 0 spiro atoms. The van der Waals surface area contributed by atoms with E-state index in [1.165, 1.54) is 6.42 Å². The van der Waals surface area contributed by atoms with Gasteiger partial charge >= 0.3 is 0 Å². The summed E-state index contributed by atoms with van der Waals surface area (Å²) >= 11 is 0. The van der Waals surface area contributed by atoms with E-state index in [-0.39, 0.29) is 5.60 Å². The van der Waals surface area contributed by atoms with Crippen LogP contribution in [0.15, 0.2) is 0 Å². The van der Waals surface area contributed by atoms with Gasteiger partial charge in [-0.15, -0.1) is 0 Å². The topological polar surface area (TPSA) is 41.5 Å². The fourth-order valence-electron chi connectivity index (χ4n) is 1.75. The Morgan fingerprint density at radius 2 is 2.00 bits per heavy atom. The molecule has 2 N–H and O–H groups in total. The third-order valence-electron chi connectivity index (χ3n) is 3.20. The highest BCUT2D eigenvalue weighted by Gasteiger charge is 2.44. The molecule has 1 aliphatic carbocycles. The van der Waals surface area contributed by atoms with Crippen molar-refractivity contribution >= 4 is 0 Å². The zero-order chi connectivity index (χ0) is 12.4. The van der Waals surface area contributed by atoms with Crippen molar-refractivity contribution in [3.05, 3.63) is 0 Å². The molecule has 0 aromatic heterocycles. The van der Waals surface area contributed by atoms with Crippen LogP contribution in [-0.4, -0.2) is 36.5 Å². The first-order valence-electron chi connectivity index (χ1n) is 6.23. The second-order valence-electron chi connectivity index (χ2n) is 6.63. The largest absolute Gasteiger partial charge is 0.389 e. The standard InChI is InChI=1S/C13H27NO2/c1-12(2,3)16-9-11(15)8-14-7-10-6-13(10,4)5/h10-11,14-15H,6-9H2,1-5H3. The van der Waals surface area contributed by atoms with E-state index >= 15 is 0 Å². The molecule has 96 valence electrons. The molecule has 1 aliphatic rings. The molecule has 16 heavy (non-hydrogen) atoms. The van der Waals surface area contributed by atoms with Crippen LogP contribution in [0.4, 0.5) is 0 Å². The van der Waals surface area contributed by atoms with Gasteiger partial charge in [0.2, 0.25) is 0 Å². The molecule has 1 saturated carbocycles. The number of hydrogen-bond donors (Lipinski definition) is 2. The third-order valence-corrected chi connectivity index (χ3v) is 3.20. The van der Waals surface area contributed by atoms with Gasteiger partial charge in [0.1, 0.15) is 0 Å². The van der Waals surface area contributed by atoms with E-state index in [0.29, 0.717) is 18.6 Å². The molecule has 0 heterocycles. The van der Waals surface area contributed by atoms with Crippen LogP contribution in [0.2, 0.25) is 0 Å². The third kappa shape index (κ3) is 5.28. The van der Waals surface area contributed by atoms with Crippen LogP contribution in [-0.2, 0) is 4.74 Å². The maximum atomic E-state index is 9.69. The minimum absolute atomic E-state index is 0.167. The molecule has 0 amide bonds. The van der Waals surface area contributed by atoms with Crippen LogP contribution < -0.4 is 5.32 Å². The lowest BCUT2D eigenvalue weighted by atomic mass is 10.1. The highest BCUT2D eigenvalue weighted by atomic mass is 16.5. The minimum Gasteiger partial charge on any atom is -0.389 e. The zero-order valence-corrected chi connectivity index (χ0v) is 11.3. The summed E-state index contributed by atoms with van der Waals surface area (Å²) in [4.78, 5) is 0. The van der Waals surface area contributed by atoms with Crippen LogP contribution in [0.1, 0.15) is 41.0 Å². The van der Waals surface area contributed by atoms with Crippen LogP contribution in [0.25, 0.3) is 0 Å². The lowest BCUT2D eigenvalue weighted by Gasteiger charge is -2.22. The maximum absolute atomic E-state index is 9.69. The SMILES string of the molecule is CC(C)(C)OCC(O)CNCC1CC1(C)C. The molecule has 0 aromatic carbocycles. The summed E-state index contributed by atoms with van der Waals surface area (Å²) in [7, 11) is 0. The molecule has 1 rings (SSSR count). The second kappa shape index (κ2) is 5.03. The van der Waals surface area contributed by atoms with Gasteiger partial charge in [0, 0.05) is 6.54 Å². The van der Waals surface area contributed by atoms with Crippen LogP contribution >= 0.6 is 0 Å². The molecule has 0 bridgehead atoms. The first kappa shape index (κ1) is 13.9. The van der Waals surface area contributed by atoms with E-state index in [1.807, 2.05) is 20.8 Å². The zero-order valence-electron chi connectivity index (χ0n) is 11.3. The van der Waals surface area contributed by atoms with E-state index < -0.39 is 6.10 Å². The van der Waals surface area contributed by atoms with Gasteiger partial charge in [0.15, 0.2) is 0 Å². The van der Waals surface area contributed by atoms with Gasteiger partial charge in [-0.3, -0.25) is 0 Å². The van der Waals surface area contributed by atoms with Crippen molar-refractivity contribution in [2.75, 3.05) is 19.7 Å². The predicted octanol–water partition coefficient (Wildman–Crippen LogP) is 1.80. The van der Waals surface area contributed by atoms with Gasteiger partial charge in [-0.25, -0.2) is 0 Å². The Balaban J connectivity index is 2.01. The summed E-state index contributed by atoms with van der Waals surface area (Å²) in [5.41, 5.74) is 0.347. The van der Waals surface area contributed by atoms with E-state index in [0.717, 1.165) is 12.5 Å². The number of hydrogen-bond acceptors (Lipinski definition) is 3. The first-order valence-corrected chi connectivity index (χ1v) is 6.23. The molecule has 1 fully saturated rings. The number of nitrogens with one attached hydrogen (secondary N) is 1. The quantitative estimate of drug-likeness (QED) is 0.730. The maximum Gasteiger partial charge on any atom is 0.0897 e. The molecular formula is C13H27NO2. The average Bonchev–Trinajstić information content (AvgIpc) is 2.70. The van der Waals surface area contributed by atoms with Gasteiger partial charge in [-0.2, -0.15) is 0 Å². The van der Waals surface area contributed by atoms with Crippen molar-refractivity contribution in [2.24, 2.45) is 11.3 Å². The molecule has 3 heteroatoms. The Hall–Kier alpha value is -0.120. The van der Waals surface area contributed by atoms with Gasteiger partial charge < -0.3 is 15.2 Å².